The Morgan fingerprint density at radius 1 is 0.442 bits per heavy atom. The van der Waals surface area contributed by atoms with E-state index < -0.39 is 0 Å². The second-order valence-electron chi connectivity index (χ2n) is 13.3. The van der Waals surface area contributed by atoms with Crippen molar-refractivity contribution >= 4 is 71.4 Å². The third-order valence-corrected chi connectivity index (χ3v) is 10.3. The lowest BCUT2D eigenvalue weighted by Gasteiger charge is -2.27. The van der Waals surface area contributed by atoms with E-state index in [-0.39, 0.29) is 0 Å². The van der Waals surface area contributed by atoms with Gasteiger partial charge in [-0.3, -0.25) is 0 Å². The summed E-state index contributed by atoms with van der Waals surface area (Å²) >= 11 is 0. The van der Waals surface area contributed by atoms with Crippen LogP contribution in [0.4, 0.5) is 17.1 Å². The number of anilines is 3. The van der Waals surface area contributed by atoms with Crippen LogP contribution in [-0.2, 0) is 6.54 Å². The number of rotatable bonds is 6. The van der Waals surface area contributed by atoms with Crippen LogP contribution in [0.2, 0.25) is 0 Å². The number of para-hydroxylation sites is 4. The summed E-state index contributed by atoms with van der Waals surface area (Å²) in [5.74, 6) is 0. The van der Waals surface area contributed by atoms with Crippen molar-refractivity contribution in [2.75, 3.05) is 4.90 Å². The van der Waals surface area contributed by atoms with Crippen LogP contribution in [0.1, 0.15) is 6.92 Å². The quantitative estimate of drug-likeness (QED) is 0.166. The van der Waals surface area contributed by atoms with Gasteiger partial charge >= 0.3 is 0 Å². The Kier molecular flexibility index (Phi) is 7.07. The number of aromatic nitrogens is 3. The first-order valence-electron chi connectivity index (χ1n) is 17.9. The van der Waals surface area contributed by atoms with E-state index in [0.717, 1.165) is 57.2 Å². The summed E-state index contributed by atoms with van der Waals surface area (Å²) in [5, 5.41) is 7.39. The highest BCUT2D eigenvalue weighted by atomic mass is 15.1. The van der Waals surface area contributed by atoms with Crippen LogP contribution in [0.15, 0.2) is 176 Å². The number of fused-ring (bicyclic) bond motifs is 7. The van der Waals surface area contributed by atoms with Crippen LogP contribution in [0.25, 0.3) is 76.9 Å². The smallest absolute Gasteiger partial charge is 0.0973 e. The molecule has 0 amide bonds. The molecule has 0 aliphatic heterocycles. The molecule has 2 aromatic heterocycles. The van der Waals surface area contributed by atoms with Crippen molar-refractivity contribution in [3.8, 4) is 22.5 Å². The molecule has 2 heterocycles. The predicted molar refractivity (Wildman–Crippen MR) is 219 cm³/mol. The van der Waals surface area contributed by atoms with E-state index >= 15 is 0 Å². The van der Waals surface area contributed by atoms with Crippen LogP contribution in [0.3, 0.4) is 0 Å². The van der Waals surface area contributed by atoms with Gasteiger partial charge in [0.25, 0.3) is 0 Å². The van der Waals surface area contributed by atoms with Gasteiger partial charge in [0.05, 0.1) is 28.1 Å². The predicted octanol–water partition coefficient (Wildman–Crippen LogP) is 12.9. The fraction of sp³-hybridized carbons (Fsp3) is 0.0417. The fourth-order valence-electron chi connectivity index (χ4n) is 7.94. The number of nitrogens with zero attached hydrogens (tertiary/aromatic N) is 4. The highest BCUT2D eigenvalue weighted by molar-refractivity contribution is 6.14. The van der Waals surface area contributed by atoms with E-state index in [1.807, 2.05) is 24.3 Å². The van der Waals surface area contributed by atoms with Gasteiger partial charge in [-0.05, 0) is 83.7 Å². The normalized spacial score (nSPS) is 11.6. The van der Waals surface area contributed by atoms with Crippen molar-refractivity contribution in [1.82, 2.24) is 14.5 Å². The summed E-state index contributed by atoms with van der Waals surface area (Å²) in [7, 11) is 0. The number of hydrogen-bond donors (Lipinski definition) is 0. The maximum absolute atomic E-state index is 5.27. The number of aryl methyl sites for hydroxylation is 1. The third kappa shape index (κ3) is 4.84. The summed E-state index contributed by atoms with van der Waals surface area (Å²) in [6.45, 7) is 3.11. The maximum Gasteiger partial charge on any atom is 0.0973 e. The second-order valence-corrected chi connectivity index (χ2v) is 13.3. The lowest BCUT2D eigenvalue weighted by atomic mass is 9.98. The number of benzene rings is 8. The van der Waals surface area contributed by atoms with E-state index in [9.17, 15) is 0 Å². The molecule has 246 valence electrons. The molecule has 4 nitrogen and oxygen atoms in total. The van der Waals surface area contributed by atoms with Gasteiger partial charge in [-0.1, -0.05) is 115 Å². The van der Waals surface area contributed by atoms with E-state index in [1.54, 1.807) is 0 Å². The molecule has 0 aliphatic carbocycles. The molecule has 8 aromatic carbocycles. The lowest BCUT2D eigenvalue weighted by molar-refractivity contribution is 0.827. The van der Waals surface area contributed by atoms with E-state index in [4.69, 9.17) is 9.97 Å². The Morgan fingerprint density at radius 3 is 1.75 bits per heavy atom. The van der Waals surface area contributed by atoms with E-state index in [1.165, 1.54) is 43.4 Å². The second kappa shape index (κ2) is 12.2. The first kappa shape index (κ1) is 30.1. The zero-order valence-corrected chi connectivity index (χ0v) is 28.7. The van der Waals surface area contributed by atoms with Gasteiger partial charge in [0, 0.05) is 56.2 Å². The van der Waals surface area contributed by atoms with Crippen LogP contribution in [0.5, 0.6) is 0 Å². The van der Waals surface area contributed by atoms with Crippen LogP contribution in [-0.4, -0.2) is 14.5 Å². The van der Waals surface area contributed by atoms with Gasteiger partial charge < -0.3 is 9.47 Å². The molecule has 0 saturated carbocycles. The van der Waals surface area contributed by atoms with Crippen molar-refractivity contribution in [2.24, 2.45) is 0 Å². The molecule has 0 bridgehead atoms. The molecule has 0 radical (unpaired) electrons. The van der Waals surface area contributed by atoms with Crippen molar-refractivity contribution in [3.05, 3.63) is 176 Å². The van der Waals surface area contributed by atoms with Crippen LogP contribution in [0, 0.1) is 0 Å². The topological polar surface area (TPSA) is 34.0 Å². The van der Waals surface area contributed by atoms with Gasteiger partial charge in [0.15, 0.2) is 0 Å². The molecule has 4 heteroatoms. The first-order chi connectivity index (χ1) is 25.7. The summed E-state index contributed by atoms with van der Waals surface area (Å²) in [6.07, 6.45) is 0. The molecule has 0 spiro atoms. The van der Waals surface area contributed by atoms with Gasteiger partial charge in [-0.2, -0.15) is 0 Å². The molecule has 0 atom stereocenters. The zero-order valence-electron chi connectivity index (χ0n) is 28.7. The monoisotopic (exact) mass is 666 g/mol. The fourth-order valence-corrected chi connectivity index (χ4v) is 7.94. The molecule has 0 saturated heterocycles. The molecule has 0 fully saturated rings. The zero-order chi connectivity index (χ0) is 34.6. The van der Waals surface area contributed by atoms with E-state index in [2.05, 4.69) is 168 Å². The Morgan fingerprint density at radius 2 is 1.00 bits per heavy atom. The molecule has 10 rings (SSSR count). The molecule has 0 N–H and O–H groups in total. The number of hydrogen-bond acceptors (Lipinski definition) is 3. The standard InChI is InChI=1S/C48H34N4/c1-2-51-44-23-13-10-20-40(44)41-30-34(26-29-45(41)51)48-47(49-42-21-11-12-22-43(42)50-48)32-24-27-36(28-25-32)52(35-15-4-3-5-16-35)46-31-33-14-6-7-17-37(33)38-18-8-9-19-39(38)46/h3-31H,2H2,1H3. The minimum Gasteiger partial charge on any atom is -0.341 e. The molecular weight excluding hydrogens is 633 g/mol. The Bertz CT molecular complexity index is 2940. The average molecular weight is 667 g/mol. The minimum absolute atomic E-state index is 0.867. The first-order valence-corrected chi connectivity index (χ1v) is 17.9. The summed E-state index contributed by atoms with van der Waals surface area (Å²) < 4.78 is 2.39. The molecule has 10 aromatic rings. The van der Waals surface area contributed by atoms with Crippen molar-refractivity contribution < 1.29 is 0 Å². The van der Waals surface area contributed by atoms with Crippen molar-refractivity contribution in [1.29, 1.82) is 0 Å². The van der Waals surface area contributed by atoms with Gasteiger partial charge in [0.2, 0.25) is 0 Å². The Labute approximate surface area is 301 Å². The van der Waals surface area contributed by atoms with Crippen molar-refractivity contribution in [2.45, 2.75) is 13.5 Å². The van der Waals surface area contributed by atoms with Gasteiger partial charge in [-0.15, -0.1) is 0 Å². The maximum atomic E-state index is 5.27. The molecule has 0 aliphatic rings. The summed E-state index contributed by atoms with van der Waals surface area (Å²) in [4.78, 5) is 12.9. The highest BCUT2D eigenvalue weighted by Crippen LogP contribution is 2.43. The lowest BCUT2D eigenvalue weighted by Crippen LogP contribution is -2.10. The molecule has 0 unspecified atom stereocenters. The SMILES string of the molecule is CCn1c2ccccc2c2cc(-c3nc4ccccc4nc3-c3ccc(N(c4ccccc4)c4cc5ccccc5c5ccccc45)cc3)ccc21. The minimum atomic E-state index is 0.867. The largest absolute Gasteiger partial charge is 0.341 e. The summed E-state index contributed by atoms with van der Waals surface area (Å²) in [5.41, 5.74) is 11.4. The molecule has 52 heavy (non-hydrogen) atoms. The van der Waals surface area contributed by atoms with Gasteiger partial charge in [-0.25, -0.2) is 9.97 Å². The van der Waals surface area contributed by atoms with E-state index in [0.29, 0.717) is 0 Å². The third-order valence-electron chi connectivity index (χ3n) is 10.3. The van der Waals surface area contributed by atoms with Crippen molar-refractivity contribution in [3.63, 3.8) is 0 Å². The Hall–Kier alpha value is -6.78. The highest BCUT2D eigenvalue weighted by Gasteiger charge is 2.20. The van der Waals surface area contributed by atoms with Crippen LogP contribution >= 0.6 is 0 Å². The Balaban J connectivity index is 1.15. The molecular formula is C48H34N4. The summed E-state index contributed by atoms with van der Waals surface area (Å²) in [6, 6.07) is 62.7. The average Bonchev–Trinajstić information content (AvgIpc) is 3.54. The van der Waals surface area contributed by atoms with Gasteiger partial charge in [0.1, 0.15) is 0 Å². The van der Waals surface area contributed by atoms with Crippen LogP contribution < -0.4 is 4.90 Å².